The van der Waals surface area contributed by atoms with Gasteiger partial charge in [0.15, 0.2) is 5.96 Å². The van der Waals surface area contributed by atoms with Crippen molar-refractivity contribution in [1.82, 2.24) is 20.0 Å². The van der Waals surface area contributed by atoms with E-state index in [0.717, 1.165) is 63.6 Å². The van der Waals surface area contributed by atoms with E-state index in [-0.39, 0.29) is 17.1 Å². The molecule has 0 unspecified atom stereocenters. The van der Waals surface area contributed by atoms with Gasteiger partial charge in [0.1, 0.15) is 5.82 Å². The van der Waals surface area contributed by atoms with Crippen molar-refractivity contribution in [3.8, 4) is 0 Å². The Hall–Kier alpha value is -2.15. The number of aliphatic imine (C=N–C) groups is 1. The minimum Gasteiger partial charge on any atom is -0.355 e. The van der Waals surface area contributed by atoms with Gasteiger partial charge in [-0.15, -0.1) is 0 Å². The Morgan fingerprint density at radius 3 is 2.41 bits per heavy atom. The van der Waals surface area contributed by atoms with Crippen LogP contribution in [0.2, 0.25) is 0 Å². The van der Waals surface area contributed by atoms with Gasteiger partial charge in [0.05, 0.1) is 6.54 Å². The van der Waals surface area contributed by atoms with E-state index in [1.807, 2.05) is 11.0 Å². The average Bonchev–Trinajstić information content (AvgIpc) is 3.24. The molecule has 160 valence electrons. The molecule has 0 aliphatic carbocycles. The van der Waals surface area contributed by atoms with E-state index in [0.29, 0.717) is 13.1 Å². The highest BCUT2D eigenvalue weighted by molar-refractivity contribution is 5.80. The van der Waals surface area contributed by atoms with E-state index in [4.69, 9.17) is 0 Å². The summed E-state index contributed by atoms with van der Waals surface area (Å²) >= 11 is 0. The maximum Gasteiger partial charge on any atom is 0.236 e. The van der Waals surface area contributed by atoms with Gasteiger partial charge in [-0.2, -0.15) is 0 Å². The molecule has 29 heavy (non-hydrogen) atoms. The SMILES string of the molecule is CN=C(NCC(C)(C)c1cccc(F)c1)N1CCN(CC(=O)N2CCCC2)CC1. The second-order valence-electron chi connectivity index (χ2n) is 8.65. The zero-order valence-electron chi connectivity index (χ0n) is 18.0. The number of carbonyl (C=O) groups excluding carboxylic acids is 1. The Labute approximate surface area is 173 Å². The highest BCUT2D eigenvalue weighted by Gasteiger charge is 2.26. The lowest BCUT2D eigenvalue weighted by atomic mass is 9.84. The minimum atomic E-state index is -0.220. The Morgan fingerprint density at radius 2 is 1.79 bits per heavy atom. The average molecular weight is 404 g/mol. The largest absolute Gasteiger partial charge is 0.355 e. The normalized spacial score (nSPS) is 19.0. The maximum atomic E-state index is 13.6. The molecule has 2 heterocycles. The molecule has 1 aromatic rings. The fourth-order valence-electron chi connectivity index (χ4n) is 4.02. The van der Waals surface area contributed by atoms with E-state index >= 15 is 0 Å². The van der Waals surface area contributed by atoms with Crippen LogP contribution in [-0.4, -0.2) is 86.0 Å². The fourth-order valence-corrected chi connectivity index (χ4v) is 4.02. The number of rotatable bonds is 5. The van der Waals surface area contributed by atoms with Gasteiger partial charge in [0.2, 0.25) is 5.91 Å². The van der Waals surface area contributed by atoms with Crippen molar-refractivity contribution in [3.63, 3.8) is 0 Å². The minimum absolute atomic E-state index is 0.209. The topological polar surface area (TPSA) is 51.2 Å². The number of nitrogens with zero attached hydrogens (tertiary/aromatic N) is 4. The third kappa shape index (κ3) is 5.69. The molecule has 1 amide bonds. The second kappa shape index (κ2) is 9.57. The Kier molecular flexibility index (Phi) is 7.11. The standard InChI is InChI=1S/C22H34FN5O/c1-22(2,18-7-6-8-19(23)15-18)17-25-21(24-3)28-13-11-26(12-14-28)16-20(29)27-9-4-5-10-27/h6-8,15H,4-5,9-14,16-17H2,1-3H3,(H,24,25). The van der Waals surface area contributed by atoms with Crippen molar-refractivity contribution in [2.75, 3.05) is 59.4 Å². The number of piperazine rings is 1. The van der Waals surface area contributed by atoms with Gasteiger partial charge in [-0.1, -0.05) is 26.0 Å². The first kappa shape index (κ1) is 21.6. The predicted octanol–water partition coefficient (Wildman–Crippen LogP) is 1.92. The summed E-state index contributed by atoms with van der Waals surface area (Å²) in [5.41, 5.74) is 0.743. The first-order valence-electron chi connectivity index (χ1n) is 10.6. The monoisotopic (exact) mass is 403 g/mol. The highest BCUT2D eigenvalue weighted by Crippen LogP contribution is 2.23. The van der Waals surface area contributed by atoms with Crippen LogP contribution in [0.15, 0.2) is 29.3 Å². The molecule has 0 bridgehead atoms. The molecule has 3 rings (SSSR count). The number of likely N-dealkylation sites (tertiary alicyclic amines) is 1. The number of guanidine groups is 1. The molecule has 0 aromatic heterocycles. The molecule has 2 fully saturated rings. The summed E-state index contributed by atoms with van der Waals surface area (Å²) in [4.78, 5) is 23.3. The summed E-state index contributed by atoms with van der Waals surface area (Å²) in [6, 6.07) is 6.79. The van der Waals surface area contributed by atoms with Gasteiger partial charge in [0.25, 0.3) is 0 Å². The molecule has 2 aliphatic rings. The van der Waals surface area contributed by atoms with Gasteiger partial charge in [-0.25, -0.2) is 4.39 Å². The summed E-state index contributed by atoms with van der Waals surface area (Å²) in [6.07, 6.45) is 2.26. The van der Waals surface area contributed by atoms with Crippen LogP contribution in [0.5, 0.6) is 0 Å². The van der Waals surface area contributed by atoms with Crippen molar-refractivity contribution in [2.24, 2.45) is 4.99 Å². The summed E-state index contributed by atoms with van der Waals surface area (Å²) in [7, 11) is 1.79. The second-order valence-corrected chi connectivity index (χ2v) is 8.65. The summed E-state index contributed by atoms with van der Waals surface area (Å²) in [5, 5.41) is 3.46. The molecule has 7 heteroatoms. The van der Waals surface area contributed by atoms with E-state index < -0.39 is 0 Å². The number of carbonyl (C=O) groups is 1. The third-order valence-electron chi connectivity index (χ3n) is 6.00. The van der Waals surface area contributed by atoms with Crippen LogP contribution in [0.3, 0.4) is 0 Å². The molecular formula is C22H34FN5O. The van der Waals surface area contributed by atoms with Gasteiger partial charge >= 0.3 is 0 Å². The lowest BCUT2D eigenvalue weighted by Gasteiger charge is -2.37. The van der Waals surface area contributed by atoms with Gasteiger partial charge < -0.3 is 15.1 Å². The molecule has 6 nitrogen and oxygen atoms in total. The van der Waals surface area contributed by atoms with Crippen LogP contribution in [0.1, 0.15) is 32.3 Å². The number of amides is 1. The lowest BCUT2D eigenvalue weighted by Crippen LogP contribution is -2.55. The summed E-state index contributed by atoms with van der Waals surface area (Å²) in [5.74, 6) is 0.912. The number of hydrogen-bond donors (Lipinski definition) is 1. The molecule has 0 radical (unpaired) electrons. The van der Waals surface area contributed by atoms with Crippen LogP contribution in [0.4, 0.5) is 4.39 Å². The van der Waals surface area contributed by atoms with Crippen molar-refractivity contribution in [2.45, 2.75) is 32.1 Å². The molecular weight excluding hydrogens is 369 g/mol. The number of halogens is 1. The van der Waals surface area contributed by atoms with Crippen LogP contribution < -0.4 is 5.32 Å². The van der Waals surface area contributed by atoms with Crippen molar-refractivity contribution in [1.29, 1.82) is 0 Å². The van der Waals surface area contributed by atoms with Crippen LogP contribution in [0, 0.1) is 5.82 Å². The predicted molar refractivity (Wildman–Crippen MR) is 115 cm³/mol. The fraction of sp³-hybridized carbons (Fsp3) is 0.636. The van der Waals surface area contributed by atoms with Gasteiger partial charge in [-0.3, -0.25) is 14.7 Å². The first-order valence-corrected chi connectivity index (χ1v) is 10.6. The highest BCUT2D eigenvalue weighted by atomic mass is 19.1. The maximum absolute atomic E-state index is 13.6. The summed E-state index contributed by atoms with van der Waals surface area (Å²) < 4.78 is 13.6. The van der Waals surface area contributed by atoms with Crippen molar-refractivity contribution in [3.05, 3.63) is 35.6 Å². The Bertz CT molecular complexity index is 722. The summed E-state index contributed by atoms with van der Waals surface area (Å²) in [6.45, 7) is 10.6. The van der Waals surface area contributed by atoms with Gasteiger partial charge in [-0.05, 0) is 30.5 Å². The molecule has 2 saturated heterocycles. The van der Waals surface area contributed by atoms with Crippen LogP contribution in [-0.2, 0) is 10.2 Å². The molecule has 2 aliphatic heterocycles. The molecule has 0 saturated carbocycles. The van der Waals surface area contributed by atoms with E-state index in [2.05, 4.69) is 34.0 Å². The lowest BCUT2D eigenvalue weighted by molar-refractivity contribution is -0.131. The molecule has 1 aromatic carbocycles. The molecule has 1 N–H and O–H groups in total. The molecule has 0 atom stereocenters. The van der Waals surface area contributed by atoms with E-state index in [1.165, 1.54) is 6.07 Å². The van der Waals surface area contributed by atoms with Crippen LogP contribution in [0.25, 0.3) is 0 Å². The number of hydrogen-bond acceptors (Lipinski definition) is 3. The van der Waals surface area contributed by atoms with E-state index in [1.54, 1.807) is 19.2 Å². The number of nitrogens with one attached hydrogen (secondary N) is 1. The number of benzene rings is 1. The van der Waals surface area contributed by atoms with Gasteiger partial charge in [0, 0.05) is 58.3 Å². The Balaban J connectivity index is 1.48. The smallest absolute Gasteiger partial charge is 0.236 e. The Morgan fingerprint density at radius 1 is 1.10 bits per heavy atom. The molecule has 0 spiro atoms. The quantitative estimate of drug-likeness (QED) is 0.603. The van der Waals surface area contributed by atoms with Crippen molar-refractivity contribution < 1.29 is 9.18 Å². The first-order chi connectivity index (χ1) is 13.9. The van der Waals surface area contributed by atoms with Crippen molar-refractivity contribution >= 4 is 11.9 Å². The van der Waals surface area contributed by atoms with E-state index in [9.17, 15) is 9.18 Å². The third-order valence-corrected chi connectivity index (χ3v) is 6.00. The van der Waals surface area contributed by atoms with Crippen LogP contribution >= 0.6 is 0 Å². The zero-order chi connectivity index (χ0) is 20.9. The zero-order valence-corrected chi connectivity index (χ0v) is 18.0.